The van der Waals surface area contributed by atoms with Crippen molar-refractivity contribution < 1.29 is 14.6 Å². The second kappa shape index (κ2) is 7.39. The first-order chi connectivity index (χ1) is 11.3. The van der Waals surface area contributed by atoms with E-state index in [1.807, 2.05) is 33.8 Å². The fourth-order valence-electron chi connectivity index (χ4n) is 2.70. The number of carbonyl (C=O) groups excluding carboxylic acids is 1. The number of carbonyl (C=O) groups is 1. The van der Waals surface area contributed by atoms with Crippen molar-refractivity contribution in [1.29, 1.82) is 0 Å². The molecule has 0 saturated heterocycles. The fourth-order valence-corrected chi connectivity index (χ4v) is 3.07. The summed E-state index contributed by atoms with van der Waals surface area (Å²) in [6, 6.07) is 8.94. The molecule has 0 heterocycles. The van der Waals surface area contributed by atoms with Gasteiger partial charge in [-0.2, -0.15) is 0 Å². The monoisotopic (exact) mass is 390 g/mol. The summed E-state index contributed by atoms with van der Waals surface area (Å²) < 4.78 is 6.15. The summed E-state index contributed by atoms with van der Waals surface area (Å²) in [7, 11) is 1.55. The largest absolute Gasteiger partial charge is 0.507 e. The molecule has 4 heteroatoms. The molecule has 0 amide bonds. The second-order valence-corrected chi connectivity index (χ2v) is 7.40. The Bertz CT molecular complexity index is 734. The molecule has 0 atom stereocenters. The number of ketones is 1. The molecule has 128 valence electrons. The predicted octanol–water partition coefficient (Wildman–Crippen LogP) is 5.64. The van der Waals surface area contributed by atoms with Crippen LogP contribution in [0.2, 0.25) is 0 Å². The minimum atomic E-state index is -0.114. The van der Waals surface area contributed by atoms with E-state index in [0.29, 0.717) is 16.9 Å². The quantitative estimate of drug-likeness (QED) is 0.671. The van der Waals surface area contributed by atoms with Crippen LogP contribution in [0, 0.1) is 0 Å². The van der Waals surface area contributed by atoms with E-state index in [-0.39, 0.29) is 23.4 Å². The van der Waals surface area contributed by atoms with Crippen molar-refractivity contribution in [3.63, 3.8) is 0 Å². The lowest BCUT2D eigenvalue weighted by molar-refractivity contribution is 0.103. The molecule has 1 N–H and O–H groups in total. The first kappa shape index (κ1) is 18.5. The molecule has 0 aliphatic rings. The van der Waals surface area contributed by atoms with Gasteiger partial charge in [-0.3, -0.25) is 4.79 Å². The number of aromatic hydroxyl groups is 1. The maximum atomic E-state index is 13.1. The molecular formula is C20H23BrO3. The molecule has 2 rings (SSSR count). The number of hydrogen-bond donors (Lipinski definition) is 1. The van der Waals surface area contributed by atoms with Crippen LogP contribution in [0.3, 0.4) is 0 Å². The first-order valence-corrected chi connectivity index (χ1v) is 8.80. The molecule has 0 fully saturated rings. The minimum absolute atomic E-state index is 0.114. The zero-order chi connectivity index (χ0) is 18.0. The Morgan fingerprint density at radius 3 is 2.04 bits per heavy atom. The zero-order valence-corrected chi connectivity index (χ0v) is 16.3. The van der Waals surface area contributed by atoms with Gasteiger partial charge < -0.3 is 9.84 Å². The van der Waals surface area contributed by atoms with E-state index in [1.165, 1.54) is 0 Å². The van der Waals surface area contributed by atoms with Gasteiger partial charge in [-0.15, -0.1) is 0 Å². The van der Waals surface area contributed by atoms with E-state index < -0.39 is 0 Å². The Labute approximate surface area is 151 Å². The highest BCUT2D eigenvalue weighted by molar-refractivity contribution is 9.10. The van der Waals surface area contributed by atoms with Gasteiger partial charge in [0.15, 0.2) is 5.78 Å². The predicted molar refractivity (Wildman–Crippen MR) is 100 cm³/mol. The fraction of sp³-hybridized carbons (Fsp3) is 0.350. The zero-order valence-electron chi connectivity index (χ0n) is 14.7. The van der Waals surface area contributed by atoms with Crippen LogP contribution in [0.15, 0.2) is 34.8 Å². The maximum absolute atomic E-state index is 13.1. The Morgan fingerprint density at radius 1 is 1.04 bits per heavy atom. The number of phenols is 1. The first-order valence-electron chi connectivity index (χ1n) is 8.01. The second-order valence-electron chi connectivity index (χ2n) is 6.49. The summed E-state index contributed by atoms with van der Waals surface area (Å²) in [5.41, 5.74) is 2.65. The van der Waals surface area contributed by atoms with Crippen molar-refractivity contribution in [1.82, 2.24) is 0 Å². The van der Waals surface area contributed by atoms with Crippen molar-refractivity contribution >= 4 is 21.7 Å². The lowest BCUT2D eigenvalue weighted by Gasteiger charge is -2.17. The third kappa shape index (κ3) is 3.64. The van der Waals surface area contributed by atoms with E-state index in [0.717, 1.165) is 15.6 Å². The average Bonchev–Trinajstić information content (AvgIpc) is 2.53. The van der Waals surface area contributed by atoms with Gasteiger partial charge in [0.05, 0.1) is 12.7 Å². The molecule has 0 saturated carbocycles. The topological polar surface area (TPSA) is 46.5 Å². The number of rotatable bonds is 5. The lowest BCUT2D eigenvalue weighted by Crippen LogP contribution is -2.07. The summed E-state index contributed by atoms with van der Waals surface area (Å²) >= 11 is 3.41. The highest BCUT2D eigenvalue weighted by Gasteiger charge is 2.21. The maximum Gasteiger partial charge on any atom is 0.196 e. The molecule has 24 heavy (non-hydrogen) atoms. The van der Waals surface area contributed by atoms with Crippen LogP contribution in [-0.4, -0.2) is 18.0 Å². The molecule has 0 spiro atoms. The van der Waals surface area contributed by atoms with Gasteiger partial charge in [0.2, 0.25) is 0 Å². The van der Waals surface area contributed by atoms with Crippen molar-refractivity contribution in [2.24, 2.45) is 0 Å². The standard InChI is InChI=1S/C20H23BrO3/c1-11(2)15-8-13(9-16(12(3)4)20(15)23)19(22)17-10-14(21)6-7-18(17)24-5/h6-12,23H,1-5H3. The molecule has 0 bridgehead atoms. The summed E-state index contributed by atoms with van der Waals surface area (Å²) in [5.74, 6) is 0.961. The van der Waals surface area contributed by atoms with Crippen LogP contribution >= 0.6 is 15.9 Å². The van der Waals surface area contributed by atoms with Crippen LogP contribution in [0.4, 0.5) is 0 Å². The van der Waals surface area contributed by atoms with Crippen LogP contribution < -0.4 is 4.74 Å². The van der Waals surface area contributed by atoms with Crippen LogP contribution in [0.5, 0.6) is 11.5 Å². The molecule has 0 aromatic heterocycles. The average molecular weight is 391 g/mol. The van der Waals surface area contributed by atoms with Gasteiger partial charge in [0, 0.05) is 10.0 Å². The molecule has 0 aliphatic carbocycles. The van der Waals surface area contributed by atoms with E-state index in [9.17, 15) is 9.90 Å². The number of benzene rings is 2. The number of ether oxygens (including phenoxy) is 1. The van der Waals surface area contributed by atoms with Crippen molar-refractivity contribution in [2.75, 3.05) is 7.11 Å². The summed E-state index contributed by atoms with van der Waals surface area (Å²) in [6.07, 6.45) is 0. The Hall–Kier alpha value is -1.81. The van der Waals surface area contributed by atoms with Gasteiger partial charge in [-0.1, -0.05) is 43.6 Å². The van der Waals surface area contributed by atoms with E-state index in [2.05, 4.69) is 15.9 Å². The SMILES string of the molecule is COc1ccc(Br)cc1C(=O)c1cc(C(C)C)c(O)c(C(C)C)c1. The van der Waals surface area contributed by atoms with Crippen LogP contribution in [0.1, 0.15) is 66.6 Å². The minimum Gasteiger partial charge on any atom is -0.507 e. The lowest BCUT2D eigenvalue weighted by atomic mass is 9.89. The Morgan fingerprint density at radius 2 is 1.58 bits per heavy atom. The van der Waals surface area contributed by atoms with Gasteiger partial charge >= 0.3 is 0 Å². The summed E-state index contributed by atoms with van der Waals surface area (Å²) in [4.78, 5) is 13.1. The van der Waals surface area contributed by atoms with Crippen molar-refractivity contribution in [2.45, 2.75) is 39.5 Å². The van der Waals surface area contributed by atoms with Crippen molar-refractivity contribution in [3.8, 4) is 11.5 Å². The number of halogens is 1. The molecule has 0 radical (unpaired) electrons. The van der Waals surface area contributed by atoms with Crippen LogP contribution in [0.25, 0.3) is 0 Å². The smallest absolute Gasteiger partial charge is 0.196 e. The van der Waals surface area contributed by atoms with E-state index >= 15 is 0 Å². The third-order valence-electron chi connectivity index (χ3n) is 4.08. The van der Waals surface area contributed by atoms with Gasteiger partial charge in [-0.05, 0) is 53.3 Å². The molecule has 3 nitrogen and oxygen atoms in total. The van der Waals surface area contributed by atoms with Gasteiger partial charge in [0.1, 0.15) is 11.5 Å². The van der Waals surface area contributed by atoms with E-state index in [1.54, 1.807) is 31.4 Å². The normalized spacial score (nSPS) is 11.2. The van der Waals surface area contributed by atoms with Crippen LogP contribution in [-0.2, 0) is 0 Å². The molecular weight excluding hydrogens is 368 g/mol. The summed E-state index contributed by atoms with van der Waals surface area (Å²) in [6.45, 7) is 8.03. The summed E-state index contributed by atoms with van der Waals surface area (Å²) in [5, 5.41) is 10.5. The number of hydrogen-bond acceptors (Lipinski definition) is 3. The molecule has 0 unspecified atom stereocenters. The van der Waals surface area contributed by atoms with Gasteiger partial charge in [-0.25, -0.2) is 0 Å². The highest BCUT2D eigenvalue weighted by Crippen LogP contribution is 2.36. The molecule has 0 aliphatic heterocycles. The number of methoxy groups -OCH3 is 1. The third-order valence-corrected chi connectivity index (χ3v) is 4.57. The Balaban J connectivity index is 2.64. The van der Waals surface area contributed by atoms with Crippen molar-refractivity contribution in [3.05, 3.63) is 57.1 Å². The van der Waals surface area contributed by atoms with Gasteiger partial charge in [0.25, 0.3) is 0 Å². The number of phenolic OH excluding ortho intramolecular Hbond substituents is 1. The molecule has 2 aromatic rings. The molecule has 2 aromatic carbocycles. The Kier molecular flexibility index (Phi) is 5.70. The highest BCUT2D eigenvalue weighted by atomic mass is 79.9. The van der Waals surface area contributed by atoms with E-state index in [4.69, 9.17) is 4.74 Å².